The normalized spacial score (nSPS) is 20.2. The highest BCUT2D eigenvalue weighted by Gasteiger charge is 2.28. The Morgan fingerprint density at radius 2 is 2.00 bits per heavy atom. The quantitative estimate of drug-likeness (QED) is 0.617. The van der Waals surface area contributed by atoms with E-state index in [9.17, 15) is 9.59 Å². The molecule has 0 saturated carbocycles. The number of anilines is 1. The Bertz CT molecular complexity index is 427. The second-order valence-electron chi connectivity index (χ2n) is 3.91. The summed E-state index contributed by atoms with van der Waals surface area (Å²) in [4.78, 5) is 24.7. The summed E-state index contributed by atoms with van der Waals surface area (Å²) in [5.41, 5.74) is 1.53. The number of hydrogen-bond donors (Lipinski definition) is 0. The molecule has 16 heavy (non-hydrogen) atoms. The van der Waals surface area contributed by atoms with Gasteiger partial charge in [-0.2, -0.15) is 0 Å². The van der Waals surface area contributed by atoms with Gasteiger partial charge in [-0.15, -0.1) is 0 Å². The van der Waals surface area contributed by atoms with Crippen LogP contribution < -0.4 is 4.90 Å². The van der Waals surface area contributed by atoms with Crippen LogP contribution in [0.3, 0.4) is 0 Å². The number of benzene rings is 1. The van der Waals surface area contributed by atoms with Gasteiger partial charge in [0.1, 0.15) is 0 Å². The van der Waals surface area contributed by atoms with Gasteiger partial charge in [0.05, 0.1) is 0 Å². The number of hydrogen-bond acceptors (Lipinski definition) is 2. The van der Waals surface area contributed by atoms with Gasteiger partial charge < -0.3 is 4.90 Å². The SMILES string of the molecule is CC(=O)c1ccc(N2CC(Br)CC2=O)cc1. The Hall–Kier alpha value is -1.16. The summed E-state index contributed by atoms with van der Waals surface area (Å²) < 4.78 is 0. The molecule has 1 heterocycles. The molecule has 0 radical (unpaired) electrons. The van der Waals surface area contributed by atoms with Crippen molar-refractivity contribution in [3.63, 3.8) is 0 Å². The van der Waals surface area contributed by atoms with Gasteiger partial charge in [-0.05, 0) is 31.2 Å². The van der Waals surface area contributed by atoms with Crippen LogP contribution in [0.15, 0.2) is 24.3 Å². The van der Waals surface area contributed by atoms with Crippen molar-refractivity contribution in [2.75, 3.05) is 11.4 Å². The zero-order chi connectivity index (χ0) is 11.7. The average molecular weight is 282 g/mol. The van der Waals surface area contributed by atoms with Crippen molar-refractivity contribution in [2.45, 2.75) is 18.2 Å². The van der Waals surface area contributed by atoms with Crippen LogP contribution in [-0.2, 0) is 4.79 Å². The number of ketones is 1. The summed E-state index contributed by atoms with van der Waals surface area (Å²) in [6.45, 7) is 2.22. The monoisotopic (exact) mass is 281 g/mol. The number of alkyl halides is 1. The fourth-order valence-corrected chi connectivity index (χ4v) is 2.36. The van der Waals surface area contributed by atoms with Gasteiger partial charge in [0.2, 0.25) is 5.91 Å². The van der Waals surface area contributed by atoms with E-state index in [1.807, 2.05) is 12.1 Å². The van der Waals surface area contributed by atoms with E-state index in [2.05, 4.69) is 15.9 Å². The Morgan fingerprint density at radius 1 is 1.38 bits per heavy atom. The van der Waals surface area contributed by atoms with Crippen LogP contribution in [0.1, 0.15) is 23.7 Å². The first-order valence-corrected chi connectivity index (χ1v) is 6.05. The first kappa shape index (κ1) is 11.3. The summed E-state index contributed by atoms with van der Waals surface area (Å²) >= 11 is 3.44. The van der Waals surface area contributed by atoms with E-state index < -0.39 is 0 Å². The summed E-state index contributed by atoms with van der Waals surface area (Å²) in [6.07, 6.45) is 0.536. The second kappa shape index (κ2) is 4.37. The van der Waals surface area contributed by atoms with Crippen LogP contribution in [-0.4, -0.2) is 23.1 Å². The molecule has 1 amide bonds. The molecule has 84 valence electrons. The van der Waals surface area contributed by atoms with Crippen molar-refractivity contribution in [3.8, 4) is 0 Å². The predicted molar refractivity (Wildman–Crippen MR) is 66.1 cm³/mol. The lowest BCUT2D eigenvalue weighted by molar-refractivity contribution is -0.117. The molecule has 1 fully saturated rings. The summed E-state index contributed by atoms with van der Waals surface area (Å²) in [6, 6.07) is 7.15. The van der Waals surface area contributed by atoms with Crippen molar-refractivity contribution in [1.29, 1.82) is 0 Å². The molecule has 1 saturated heterocycles. The van der Waals surface area contributed by atoms with Crippen LogP contribution in [0.25, 0.3) is 0 Å². The third-order valence-corrected chi connectivity index (χ3v) is 3.28. The van der Waals surface area contributed by atoms with Gasteiger partial charge in [0.25, 0.3) is 0 Å². The van der Waals surface area contributed by atoms with Crippen molar-refractivity contribution < 1.29 is 9.59 Å². The number of nitrogens with zero attached hydrogens (tertiary/aromatic N) is 1. The minimum absolute atomic E-state index is 0.0395. The smallest absolute Gasteiger partial charge is 0.228 e. The number of Topliss-reactive ketones (excluding diaryl/α,β-unsaturated/α-hetero) is 1. The summed E-state index contributed by atoms with van der Waals surface area (Å²) in [5.74, 6) is 0.162. The maximum atomic E-state index is 11.6. The third kappa shape index (κ3) is 2.16. The lowest BCUT2D eigenvalue weighted by Crippen LogP contribution is -2.24. The fraction of sp³-hybridized carbons (Fsp3) is 0.333. The van der Waals surface area contributed by atoms with Crippen molar-refractivity contribution in [3.05, 3.63) is 29.8 Å². The molecule has 1 unspecified atom stereocenters. The van der Waals surface area contributed by atoms with Crippen molar-refractivity contribution in [2.24, 2.45) is 0 Å². The van der Waals surface area contributed by atoms with Crippen LogP contribution in [0.4, 0.5) is 5.69 Å². The van der Waals surface area contributed by atoms with Gasteiger partial charge in [-0.3, -0.25) is 9.59 Å². The molecule has 0 aliphatic carbocycles. The standard InChI is InChI=1S/C12H12BrNO2/c1-8(15)9-2-4-11(5-3-9)14-7-10(13)6-12(14)16/h2-5,10H,6-7H2,1H3. The van der Waals surface area contributed by atoms with E-state index in [0.29, 0.717) is 18.5 Å². The molecule has 0 bridgehead atoms. The van der Waals surface area contributed by atoms with Gasteiger partial charge in [0.15, 0.2) is 5.78 Å². The maximum Gasteiger partial charge on any atom is 0.228 e. The Kier molecular flexibility index (Phi) is 3.10. The highest BCUT2D eigenvalue weighted by molar-refractivity contribution is 9.09. The molecule has 1 aliphatic heterocycles. The molecule has 0 spiro atoms. The van der Waals surface area contributed by atoms with E-state index in [-0.39, 0.29) is 16.5 Å². The highest BCUT2D eigenvalue weighted by Crippen LogP contribution is 2.25. The third-order valence-electron chi connectivity index (χ3n) is 2.66. The van der Waals surface area contributed by atoms with Gasteiger partial charge in [-0.25, -0.2) is 0 Å². The fourth-order valence-electron chi connectivity index (χ4n) is 1.79. The van der Waals surface area contributed by atoms with E-state index in [4.69, 9.17) is 0 Å². The number of carbonyl (C=O) groups excluding carboxylic acids is 2. The Balaban J connectivity index is 2.22. The molecule has 1 atom stereocenters. The summed E-state index contributed by atoms with van der Waals surface area (Å²) in [5, 5.41) is 0. The maximum absolute atomic E-state index is 11.6. The minimum Gasteiger partial charge on any atom is -0.311 e. The molecular formula is C12H12BrNO2. The lowest BCUT2D eigenvalue weighted by atomic mass is 10.1. The number of rotatable bonds is 2. The zero-order valence-electron chi connectivity index (χ0n) is 8.94. The highest BCUT2D eigenvalue weighted by atomic mass is 79.9. The average Bonchev–Trinajstić information content (AvgIpc) is 2.58. The Labute approximate surface area is 103 Å². The van der Waals surface area contributed by atoms with Crippen molar-refractivity contribution >= 4 is 33.3 Å². The number of halogens is 1. The van der Waals surface area contributed by atoms with E-state index >= 15 is 0 Å². The second-order valence-corrected chi connectivity index (χ2v) is 5.20. The van der Waals surface area contributed by atoms with Gasteiger partial charge >= 0.3 is 0 Å². The molecule has 3 nitrogen and oxygen atoms in total. The molecule has 2 rings (SSSR count). The predicted octanol–water partition coefficient (Wildman–Crippen LogP) is 2.39. The van der Waals surface area contributed by atoms with Crippen LogP contribution in [0.5, 0.6) is 0 Å². The van der Waals surface area contributed by atoms with Gasteiger partial charge in [0, 0.05) is 29.0 Å². The molecule has 1 aromatic rings. The molecule has 1 aliphatic rings. The van der Waals surface area contributed by atoms with E-state index in [1.165, 1.54) is 6.92 Å². The van der Waals surface area contributed by atoms with E-state index in [1.54, 1.807) is 17.0 Å². The topological polar surface area (TPSA) is 37.4 Å². The lowest BCUT2D eigenvalue weighted by Gasteiger charge is -2.15. The number of amides is 1. The zero-order valence-corrected chi connectivity index (χ0v) is 10.5. The summed E-state index contributed by atoms with van der Waals surface area (Å²) in [7, 11) is 0. The first-order chi connectivity index (χ1) is 7.58. The van der Waals surface area contributed by atoms with E-state index in [0.717, 1.165) is 5.69 Å². The largest absolute Gasteiger partial charge is 0.311 e. The minimum atomic E-state index is 0.0395. The van der Waals surface area contributed by atoms with Crippen LogP contribution in [0.2, 0.25) is 0 Å². The van der Waals surface area contributed by atoms with Crippen LogP contribution >= 0.6 is 15.9 Å². The van der Waals surface area contributed by atoms with Crippen LogP contribution in [0, 0.1) is 0 Å². The number of carbonyl (C=O) groups is 2. The molecule has 0 aromatic heterocycles. The molecule has 4 heteroatoms. The van der Waals surface area contributed by atoms with Gasteiger partial charge in [-0.1, -0.05) is 15.9 Å². The van der Waals surface area contributed by atoms with Crippen molar-refractivity contribution in [1.82, 2.24) is 0 Å². The Morgan fingerprint density at radius 3 is 2.44 bits per heavy atom. The molecule has 0 N–H and O–H groups in total. The first-order valence-electron chi connectivity index (χ1n) is 5.13. The molecule has 1 aromatic carbocycles. The molecular weight excluding hydrogens is 270 g/mol.